The Labute approximate surface area is 165 Å². The first-order chi connectivity index (χ1) is 13.5. The molecule has 0 unspecified atom stereocenters. The fraction of sp³-hybridized carbons (Fsp3) is 0.550. The molecule has 0 spiro atoms. The van der Waals surface area contributed by atoms with Gasteiger partial charge in [0.25, 0.3) is 5.91 Å². The molecule has 0 aliphatic carbocycles. The van der Waals surface area contributed by atoms with E-state index in [-0.39, 0.29) is 17.4 Å². The van der Waals surface area contributed by atoms with Crippen molar-refractivity contribution < 1.29 is 13.8 Å². The van der Waals surface area contributed by atoms with Crippen LogP contribution >= 0.6 is 0 Å². The standard InChI is InChI=1S/C20H28FN5O2/c1-24(2)10-11-26(20(27)19-12-22-28-23-19)14-16-6-5-9-25(13-16)15-17-7-3-4-8-18(17)21/h3-4,7-8,12,16H,5-6,9-11,13-15H2,1-2H3/t16-/m0/s1. The van der Waals surface area contributed by atoms with Crippen LogP contribution in [0.15, 0.2) is 35.1 Å². The molecule has 0 N–H and O–H groups in total. The molecule has 1 atom stereocenters. The third-order valence-corrected chi connectivity index (χ3v) is 5.12. The van der Waals surface area contributed by atoms with Crippen LogP contribution in [0.5, 0.6) is 0 Å². The van der Waals surface area contributed by atoms with Gasteiger partial charge in [0.15, 0.2) is 5.69 Å². The van der Waals surface area contributed by atoms with Gasteiger partial charge in [0, 0.05) is 38.3 Å². The fourth-order valence-corrected chi connectivity index (χ4v) is 3.64. The van der Waals surface area contributed by atoms with Crippen molar-refractivity contribution in [1.82, 2.24) is 25.0 Å². The highest BCUT2D eigenvalue weighted by atomic mass is 19.1. The summed E-state index contributed by atoms with van der Waals surface area (Å²) in [5, 5.41) is 7.24. The van der Waals surface area contributed by atoms with Crippen molar-refractivity contribution >= 4 is 5.91 Å². The van der Waals surface area contributed by atoms with Crippen LogP contribution in [-0.2, 0) is 6.54 Å². The van der Waals surface area contributed by atoms with Crippen molar-refractivity contribution in [2.45, 2.75) is 19.4 Å². The summed E-state index contributed by atoms with van der Waals surface area (Å²) < 4.78 is 18.6. The second-order valence-corrected chi connectivity index (χ2v) is 7.68. The van der Waals surface area contributed by atoms with E-state index < -0.39 is 0 Å². The molecule has 8 heteroatoms. The highest BCUT2D eigenvalue weighted by Gasteiger charge is 2.26. The molecule has 1 saturated heterocycles. The number of piperidine rings is 1. The predicted molar refractivity (Wildman–Crippen MR) is 103 cm³/mol. The van der Waals surface area contributed by atoms with Crippen molar-refractivity contribution in [3.63, 3.8) is 0 Å². The molecule has 28 heavy (non-hydrogen) atoms. The highest BCUT2D eigenvalue weighted by Crippen LogP contribution is 2.21. The average molecular weight is 389 g/mol. The Bertz CT molecular complexity index is 753. The lowest BCUT2D eigenvalue weighted by Crippen LogP contribution is -2.44. The number of nitrogens with zero attached hydrogens (tertiary/aromatic N) is 5. The molecule has 1 aliphatic heterocycles. The second kappa shape index (κ2) is 9.75. The number of halogens is 1. The number of hydrogen-bond donors (Lipinski definition) is 0. The number of likely N-dealkylation sites (tertiary alicyclic amines) is 1. The maximum atomic E-state index is 14.0. The van der Waals surface area contributed by atoms with Gasteiger partial charge in [0.1, 0.15) is 12.0 Å². The molecule has 1 aromatic heterocycles. The van der Waals surface area contributed by atoms with Gasteiger partial charge >= 0.3 is 0 Å². The molecule has 1 fully saturated rings. The summed E-state index contributed by atoms with van der Waals surface area (Å²) >= 11 is 0. The monoisotopic (exact) mass is 389 g/mol. The van der Waals surface area contributed by atoms with Crippen LogP contribution in [0, 0.1) is 11.7 Å². The van der Waals surface area contributed by atoms with Crippen molar-refractivity contribution in [1.29, 1.82) is 0 Å². The average Bonchev–Trinajstić information content (AvgIpc) is 3.21. The van der Waals surface area contributed by atoms with Crippen LogP contribution in [0.3, 0.4) is 0 Å². The van der Waals surface area contributed by atoms with Gasteiger partial charge in [-0.2, -0.15) is 0 Å². The Balaban J connectivity index is 1.62. The van der Waals surface area contributed by atoms with Crippen LogP contribution in [0.25, 0.3) is 0 Å². The van der Waals surface area contributed by atoms with E-state index >= 15 is 0 Å². The molecule has 1 aliphatic rings. The van der Waals surface area contributed by atoms with Crippen LogP contribution in [0.4, 0.5) is 4.39 Å². The Kier molecular flexibility index (Phi) is 7.11. The lowest BCUT2D eigenvalue weighted by Gasteiger charge is -2.36. The molecule has 0 bridgehead atoms. The van der Waals surface area contributed by atoms with E-state index in [9.17, 15) is 9.18 Å². The Hall–Kier alpha value is -2.32. The molecular formula is C20H28FN5O2. The van der Waals surface area contributed by atoms with Crippen molar-refractivity contribution in [2.75, 3.05) is 46.8 Å². The molecular weight excluding hydrogens is 361 g/mol. The van der Waals surface area contributed by atoms with Gasteiger partial charge in [0.2, 0.25) is 0 Å². The number of likely N-dealkylation sites (N-methyl/N-ethyl adjacent to an activating group) is 1. The van der Waals surface area contributed by atoms with Crippen molar-refractivity contribution in [2.24, 2.45) is 5.92 Å². The van der Waals surface area contributed by atoms with E-state index in [0.717, 1.165) is 38.0 Å². The number of benzene rings is 1. The van der Waals surface area contributed by atoms with Crippen LogP contribution < -0.4 is 0 Å². The lowest BCUT2D eigenvalue weighted by atomic mass is 9.96. The van der Waals surface area contributed by atoms with Crippen LogP contribution in [-0.4, -0.2) is 77.7 Å². The molecule has 2 heterocycles. The molecule has 1 amide bonds. The number of aromatic nitrogens is 2. The van der Waals surface area contributed by atoms with Gasteiger partial charge < -0.3 is 9.80 Å². The van der Waals surface area contributed by atoms with Crippen LogP contribution in [0.1, 0.15) is 28.9 Å². The number of carbonyl (C=O) groups is 1. The first kappa shape index (κ1) is 20.4. The molecule has 7 nitrogen and oxygen atoms in total. The van der Waals surface area contributed by atoms with E-state index in [1.54, 1.807) is 6.07 Å². The number of amides is 1. The largest absolute Gasteiger partial charge is 0.336 e. The van der Waals surface area contributed by atoms with Gasteiger partial charge in [-0.1, -0.05) is 23.4 Å². The SMILES string of the molecule is CN(C)CCN(C[C@H]1CCCN(Cc2ccccc2F)C1)C(=O)c1cnon1. The minimum Gasteiger partial charge on any atom is -0.336 e. The summed E-state index contributed by atoms with van der Waals surface area (Å²) in [6.45, 7) is 4.42. The quantitative estimate of drug-likeness (QED) is 0.689. The van der Waals surface area contributed by atoms with E-state index in [1.807, 2.05) is 36.0 Å². The minimum absolute atomic E-state index is 0.158. The zero-order valence-electron chi connectivity index (χ0n) is 16.6. The molecule has 3 rings (SSSR count). The summed E-state index contributed by atoms with van der Waals surface area (Å²) in [6.07, 6.45) is 3.45. The topological polar surface area (TPSA) is 65.7 Å². The lowest BCUT2D eigenvalue weighted by molar-refractivity contribution is 0.0649. The van der Waals surface area contributed by atoms with Gasteiger partial charge in [-0.25, -0.2) is 9.02 Å². The minimum atomic E-state index is -0.161. The van der Waals surface area contributed by atoms with Gasteiger partial charge in [-0.05, 0) is 50.6 Å². The molecule has 1 aromatic carbocycles. The van der Waals surface area contributed by atoms with Gasteiger partial charge in [0.05, 0.1) is 0 Å². The third-order valence-electron chi connectivity index (χ3n) is 5.12. The highest BCUT2D eigenvalue weighted by molar-refractivity contribution is 5.91. The first-order valence-electron chi connectivity index (χ1n) is 9.70. The van der Waals surface area contributed by atoms with Gasteiger partial charge in [-0.15, -0.1) is 0 Å². The molecule has 0 saturated carbocycles. The van der Waals surface area contributed by atoms with E-state index in [0.29, 0.717) is 25.6 Å². The summed E-state index contributed by atoms with van der Waals surface area (Å²) in [4.78, 5) is 18.9. The normalized spacial score (nSPS) is 17.8. The maximum Gasteiger partial charge on any atom is 0.277 e. The van der Waals surface area contributed by atoms with E-state index in [1.165, 1.54) is 12.3 Å². The Morgan fingerprint density at radius 3 is 2.86 bits per heavy atom. The molecule has 0 radical (unpaired) electrons. The maximum absolute atomic E-state index is 14.0. The predicted octanol–water partition coefficient (Wildman–Crippen LogP) is 2.12. The number of hydrogen-bond acceptors (Lipinski definition) is 6. The zero-order chi connectivity index (χ0) is 19.9. The summed E-state index contributed by atoms with van der Waals surface area (Å²) in [6, 6.07) is 6.92. The summed E-state index contributed by atoms with van der Waals surface area (Å²) in [5.74, 6) is 0.0202. The number of rotatable bonds is 8. The summed E-state index contributed by atoms with van der Waals surface area (Å²) in [5.41, 5.74) is 0.954. The smallest absolute Gasteiger partial charge is 0.277 e. The van der Waals surface area contributed by atoms with Crippen LogP contribution in [0.2, 0.25) is 0 Å². The molecule has 152 valence electrons. The van der Waals surface area contributed by atoms with E-state index in [2.05, 4.69) is 19.8 Å². The number of carbonyl (C=O) groups excluding carboxylic acids is 1. The zero-order valence-corrected chi connectivity index (χ0v) is 16.6. The Morgan fingerprint density at radius 2 is 2.14 bits per heavy atom. The fourth-order valence-electron chi connectivity index (χ4n) is 3.64. The van der Waals surface area contributed by atoms with Crippen molar-refractivity contribution in [3.05, 3.63) is 47.5 Å². The van der Waals surface area contributed by atoms with E-state index in [4.69, 9.17) is 0 Å². The molecule has 2 aromatic rings. The first-order valence-corrected chi connectivity index (χ1v) is 9.70. The van der Waals surface area contributed by atoms with Gasteiger partial charge in [-0.3, -0.25) is 9.69 Å². The Morgan fingerprint density at radius 1 is 1.32 bits per heavy atom. The summed E-state index contributed by atoms with van der Waals surface area (Å²) in [7, 11) is 3.97. The third kappa shape index (κ3) is 5.59. The second-order valence-electron chi connectivity index (χ2n) is 7.68. The van der Waals surface area contributed by atoms with Crippen molar-refractivity contribution in [3.8, 4) is 0 Å².